The normalized spacial score (nSPS) is 10.1. The van der Waals surface area contributed by atoms with E-state index < -0.39 is 28.0 Å². The molecule has 0 atom stereocenters. The average molecular weight is 259 g/mol. The molecule has 0 aliphatic rings. The highest BCUT2D eigenvalue weighted by atomic mass is 19.1. The Labute approximate surface area is 101 Å². The van der Waals surface area contributed by atoms with Gasteiger partial charge in [-0.05, 0) is 0 Å². The first-order chi connectivity index (χ1) is 8.47. The van der Waals surface area contributed by atoms with Gasteiger partial charge < -0.3 is 14.6 Å². The van der Waals surface area contributed by atoms with Crippen molar-refractivity contribution in [1.82, 2.24) is 0 Å². The maximum atomic E-state index is 13.3. The third-order valence-electron chi connectivity index (χ3n) is 2.02. The summed E-state index contributed by atoms with van der Waals surface area (Å²) < 4.78 is 22.9. The van der Waals surface area contributed by atoms with Crippen LogP contribution in [0.5, 0.6) is 5.75 Å². The molecule has 0 unspecified atom stereocenters. The molecule has 1 aromatic rings. The molecular formula is C10H10FNO6. The van der Waals surface area contributed by atoms with Gasteiger partial charge in [0.25, 0.3) is 0 Å². The van der Waals surface area contributed by atoms with Crippen molar-refractivity contribution in [2.45, 2.75) is 0 Å². The van der Waals surface area contributed by atoms with Crippen molar-refractivity contribution < 1.29 is 28.7 Å². The summed E-state index contributed by atoms with van der Waals surface area (Å²) in [6.07, 6.45) is 0. The van der Waals surface area contributed by atoms with Crippen LogP contribution in [0.1, 0.15) is 10.4 Å². The van der Waals surface area contributed by atoms with Gasteiger partial charge >= 0.3 is 11.7 Å². The van der Waals surface area contributed by atoms with Crippen molar-refractivity contribution in [2.75, 3.05) is 20.3 Å². The number of ether oxygens (including phenoxy) is 2. The third-order valence-corrected chi connectivity index (χ3v) is 2.02. The van der Waals surface area contributed by atoms with E-state index in [0.29, 0.717) is 6.07 Å². The minimum Gasteiger partial charge on any atom is -0.484 e. The van der Waals surface area contributed by atoms with Crippen LogP contribution in [0.15, 0.2) is 12.1 Å². The van der Waals surface area contributed by atoms with E-state index in [9.17, 15) is 19.3 Å². The van der Waals surface area contributed by atoms with Gasteiger partial charge in [0.05, 0.1) is 23.2 Å². The Bertz CT molecular complexity index is 476. The van der Waals surface area contributed by atoms with Gasteiger partial charge in [-0.3, -0.25) is 10.1 Å². The predicted molar refractivity (Wildman–Crippen MR) is 57.4 cm³/mol. The van der Waals surface area contributed by atoms with Gasteiger partial charge in [-0.1, -0.05) is 0 Å². The van der Waals surface area contributed by atoms with Crippen molar-refractivity contribution in [3.05, 3.63) is 33.6 Å². The lowest BCUT2D eigenvalue weighted by Crippen LogP contribution is -2.08. The van der Waals surface area contributed by atoms with Gasteiger partial charge in [-0.15, -0.1) is 0 Å². The molecule has 18 heavy (non-hydrogen) atoms. The number of hydrogen-bond donors (Lipinski definition) is 1. The zero-order valence-corrected chi connectivity index (χ0v) is 9.38. The quantitative estimate of drug-likeness (QED) is 0.471. The van der Waals surface area contributed by atoms with Gasteiger partial charge in [-0.25, -0.2) is 9.18 Å². The predicted octanol–water partition coefficient (Wildman–Crippen LogP) is 1.46. The van der Waals surface area contributed by atoms with Crippen LogP contribution >= 0.6 is 0 Å². The summed E-state index contributed by atoms with van der Waals surface area (Å²) in [6, 6.07) is 1.30. The van der Waals surface area contributed by atoms with Crippen molar-refractivity contribution >= 4 is 11.7 Å². The lowest BCUT2D eigenvalue weighted by atomic mass is 10.2. The number of carboxylic acids is 1. The van der Waals surface area contributed by atoms with Crippen LogP contribution in [0.2, 0.25) is 0 Å². The summed E-state index contributed by atoms with van der Waals surface area (Å²) in [5.74, 6) is -3.02. The number of hydrogen-bond acceptors (Lipinski definition) is 5. The monoisotopic (exact) mass is 259 g/mol. The highest BCUT2D eigenvalue weighted by Gasteiger charge is 2.22. The SMILES string of the molecule is COCCOc1cc(C(=O)O)c(F)cc1[N+](=O)[O-]. The molecule has 1 N–H and O–H groups in total. The Morgan fingerprint density at radius 3 is 2.67 bits per heavy atom. The molecule has 0 spiro atoms. The van der Waals surface area contributed by atoms with E-state index in [-0.39, 0.29) is 19.0 Å². The molecule has 0 radical (unpaired) electrons. The number of nitro groups is 1. The van der Waals surface area contributed by atoms with Crippen molar-refractivity contribution in [3.63, 3.8) is 0 Å². The molecule has 98 valence electrons. The second kappa shape index (κ2) is 5.92. The molecule has 1 rings (SSSR count). The molecular weight excluding hydrogens is 249 g/mol. The van der Waals surface area contributed by atoms with Gasteiger partial charge in [0.15, 0.2) is 5.75 Å². The number of methoxy groups -OCH3 is 1. The Morgan fingerprint density at radius 2 is 2.17 bits per heavy atom. The number of nitro benzene ring substituents is 1. The first kappa shape index (κ1) is 13.8. The molecule has 0 saturated heterocycles. The molecule has 1 aromatic carbocycles. The second-order valence-electron chi connectivity index (χ2n) is 3.20. The van der Waals surface area contributed by atoms with Crippen molar-refractivity contribution in [1.29, 1.82) is 0 Å². The van der Waals surface area contributed by atoms with Crippen molar-refractivity contribution in [2.24, 2.45) is 0 Å². The van der Waals surface area contributed by atoms with Crippen LogP contribution < -0.4 is 4.74 Å². The molecule has 0 fully saturated rings. The maximum absolute atomic E-state index is 13.3. The van der Waals surface area contributed by atoms with E-state index in [1.165, 1.54) is 7.11 Å². The summed E-state index contributed by atoms with van der Waals surface area (Å²) in [5, 5.41) is 19.4. The second-order valence-corrected chi connectivity index (χ2v) is 3.20. The van der Waals surface area contributed by atoms with Crippen LogP contribution in [0.4, 0.5) is 10.1 Å². The van der Waals surface area contributed by atoms with Crippen LogP contribution in [0.3, 0.4) is 0 Å². The Morgan fingerprint density at radius 1 is 1.50 bits per heavy atom. The first-order valence-corrected chi connectivity index (χ1v) is 4.80. The Hall–Kier alpha value is -2.22. The molecule has 8 heteroatoms. The highest BCUT2D eigenvalue weighted by Crippen LogP contribution is 2.30. The van der Waals surface area contributed by atoms with Gasteiger partial charge in [0.2, 0.25) is 0 Å². The Balaban J connectivity index is 3.14. The number of halogens is 1. The fraction of sp³-hybridized carbons (Fsp3) is 0.300. The fourth-order valence-electron chi connectivity index (χ4n) is 1.20. The zero-order valence-electron chi connectivity index (χ0n) is 9.38. The first-order valence-electron chi connectivity index (χ1n) is 4.80. The maximum Gasteiger partial charge on any atom is 0.338 e. The van der Waals surface area contributed by atoms with Crippen LogP contribution in [-0.4, -0.2) is 36.3 Å². The van der Waals surface area contributed by atoms with Gasteiger partial charge in [0.1, 0.15) is 12.4 Å². The van der Waals surface area contributed by atoms with E-state index in [4.69, 9.17) is 9.84 Å². The largest absolute Gasteiger partial charge is 0.484 e. The van der Waals surface area contributed by atoms with Crippen LogP contribution in [0.25, 0.3) is 0 Å². The summed E-state index contributed by atoms with van der Waals surface area (Å²) in [4.78, 5) is 20.5. The molecule has 0 aliphatic carbocycles. The minimum absolute atomic E-state index is 0.0119. The summed E-state index contributed by atoms with van der Waals surface area (Å²) in [5.41, 5.74) is -1.32. The van der Waals surface area contributed by atoms with Crippen LogP contribution in [-0.2, 0) is 4.74 Å². The lowest BCUT2D eigenvalue weighted by Gasteiger charge is -2.07. The highest BCUT2D eigenvalue weighted by molar-refractivity contribution is 5.89. The molecule has 0 bridgehead atoms. The summed E-state index contributed by atoms with van der Waals surface area (Å²) >= 11 is 0. The number of carbonyl (C=O) groups is 1. The molecule has 0 amide bonds. The standard InChI is InChI=1S/C10H10FNO6/c1-17-2-3-18-9-4-6(10(13)14)7(11)5-8(9)12(15)16/h4-5H,2-3H2,1H3,(H,13,14). The van der Waals surface area contributed by atoms with E-state index >= 15 is 0 Å². The average Bonchev–Trinajstić information content (AvgIpc) is 2.30. The topological polar surface area (TPSA) is 98.9 Å². The molecule has 0 aromatic heterocycles. The number of rotatable bonds is 6. The number of nitrogens with zero attached hydrogens (tertiary/aromatic N) is 1. The number of aromatic carboxylic acids is 1. The number of benzene rings is 1. The van der Waals surface area contributed by atoms with Gasteiger partial charge in [0, 0.05) is 13.2 Å². The fourth-order valence-corrected chi connectivity index (χ4v) is 1.20. The minimum atomic E-state index is -1.53. The lowest BCUT2D eigenvalue weighted by molar-refractivity contribution is -0.386. The van der Waals surface area contributed by atoms with E-state index in [0.717, 1.165) is 6.07 Å². The smallest absolute Gasteiger partial charge is 0.338 e. The van der Waals surface area contributed by atoms with E-state index in [1.54, 1.807) is 0 Å². The third kappa shape index (κ3) is 3.14. The molecule has 0 aliphatic heterocycles. The summed E-state index contributed by atoms with van der Waals surface area (Å²) in [7, 11) is 1.41. The van der Waals surface area contributed by atoms with E-state index in [2.05, 4.69) is 4.74 Å². The van der Waals surface area contributed by atoms with E-state index in [1.807, 2.05) is 0 Å². The van der Waals surface area contributed by atoms with Crippen molar-refractivity contribution in [3.8, 4) is 5.75 Å². The molecule has 0 heterocycles. The summed E-state index contributed by atoms with van der Waals surface area (Å²) in [6.45, 7) is 0.152. The molecule has 0 saturated carbocycles. The van der Waals surface area contributed by atoms with Crippen LogP contribution in [0, 0.1) is 15.9 Å². The Kier molecular flexibility index (Phi) is 4.55. The molecule has 7 nitrogen and oxygen atoms in total. The zero-order chi connectivity index (χ0) is 13.7. The number of carboxylic acid groups (broad SMARTS) is 1. The van der Waals surface area contributed by atoms with Gasteiger partial charge in [-0.2, -0.15) is 0 Å².